The molecular weight excluding hydrogens is 262 g/mol. The van der Waals surface area contributed by atoms with Crippen LogP contribution in [0, 0.1) is 0 Å². The lowest BCUT2D eigenvalue weighted by Gasteiger charge is -2.35. The van der Waals surface area contributed by atoms with Crippen molar-refractivity contribution >= 4 is 17.8 Å². The molecule has 0 bridgehead atoms. The number of hydrogen-bond donors (Lipinski definition) is 2. The fraction of sp³-hybridized carbons (Fsp3) is 0.769. The Balaban J connectivity index is 2.04. The standard InChI is InChI=1S/C13H21N3O4/c1-13(2)11(19)16(12(20)14-13)7-10(18)15-6-4-3-5-9(15)8-17/h9,17H,3-8H2,1-2H3,(H,14,20). The second-order valence-electron chi connectivity index (χ2n) is 5.87. The second-order valence-corrected chi connectivity index (χ2v) is 5.87. The first-order valence-corrected chi connectivity index (χ1v) is 6.91. The maximum atomic E-state index is 12.3. The van der Waals surface area contributed by atoms with Gasteiger partial charge >= 0.3 is 6.03 Å². The number of nitrogens with one attached hydrogen (secondary N) is 1. The Morgan fingerprint density at radius 1 is 1.40 bits per heavy atom. The zero-order valence-corrected chi connectivity index (χ0v) is 11.9. The molecule has 1 atom stereocenters. The van der Waals surface area contributed by atoms with E-state index in [0.29, 0.717) is 6.54 Å². The van der Waals surface area contributed by atoms with Gasteiger partial charge in [-0.2, -0.15) is 0 Å². The number of urea groups is 1. The van der Waals surface area contributed by atoms with Crippen LogP contribution in [0.3, 0.4) is 0 Å². The number of rotatable bonds is 3. The minimum Gasteiger partial charge on any atom is -0.394 e. The number of hydrogen-bond acceptors (Lipinski definition) is 4. The number of carbonyl (C=O) groups is 3. The van der Waals surface area contributed by atoms with E-state index in [1.807, 2.05) is 0 Å². The molecule has 2 saturated heterocycles. The maximum absolute atomic E-state index is 12.3. The van der Waals surface area contributed by atoms with E-state index < -0.39 is 17.5 Å². The van der Waals surface area contributed by atoms with Crippen LogP contribution in [0.4, 0.5) is 4.79 Å². The van der Waals surface area contributed by atoms with Crippen molar-refractivity contribution in [3.63, 3.8) is 0 Å². The largest absolute Gasteiger partial charge is 0.394 e. The van der Waals surface area contributed by atoms with Crippen LogP contribution in [0.25, 0.3) is 0 Å². The summed E-state index contributed by atoms with van der Waals surface area (Å²) in [5, 5.41) is 11.8. The third-order valence-corrected chi connectivity index (χ3v) is 3.90. The number of aliphatic hydroxyl groups excluding tert-OH is 1. The van der Waals surface area contributed by atoms with Gasteiger partial charge in [0, 0.05) is 6.54 Å². The summed E-state index contributed by atoms with van der Waals surface area (Å²) in [6, 6.07) is -0.740. The number of piperidine rings is 1. The minimum absolute atomic E-state index is 0.0859. The van der Waals surface area contributed by atoms with Crippen LogP contribution in [0.2, 0.25) is 0 Å². The average Bonchev–Trinajstić information content (AvgIpc) is 2.60. The second kappa shape index (κ2) is 5.40. The van der Waals surface area contributed by atoms with Crippen molar-refractivity contribution in [3.8, 4) is 0 Å². The third kappa shape index (κ3) is 2.63. The lowest BCUT2D eigenvalue weighted by Crippen LogP contribution is -2.50. The van der Waals surface area contributed by atoms with Crippen LogP contribution in [0.5, 0.6) is 0 Å². The van der Waals surface area contributed by atoms with Gasteiger partial charge in [-0.1, -0.05) is 0 Å². The Hall–Kier alpha value is -1.63. The molecule has 2 aliphatic heterocycles. The first-order valence-electron chi connectivity index (χ1n) is 6.91. The van der Waals surface area contributed by atoms with E-state index in [9.17, 15) is 19.5 Å². The third-order valence-electron chi connectivity index (χ3n) is 3.90. The summed E-state index contributed by atoms with van der Waals surface area (Å²) >= 11 is 0. The first-order chi connectivity index (χ1) is 9.36. The molecule has 0 saturated carbocycles. The van der Waals surface area contributed by atoms with Gasteiger partial charge in [0.05, 0.1) is 12.6 Å². The molecule has 7 nitrogen and oxygen atoms in total. The summed E-state index contributed by atoms with van der Waals surface area (Å²) in [4.78, 5) is 38.6. The van der Waals surface area contributed by atoms with Crippen molar-refractivity contribution in [1.29, 1.82) is 0 Å². The van der Waals surface area contributed by atoms with Gasteiger partial charge in [0.25, 0.3) is 5.91 Å². The molecule has 2 rings (SSSR count). The molecule has 0 radical (unpaired) electrons. The van der Waals surface area contributed by atoms with E-state index in [4.69, 9.17) is 0 Å². The Morgan fingerprint density at radius 3 is 2.65 bits per heavy atom. The van der Waals surface area contributed by atoms with Crippen LogP contribution >= 0.6 is 0 Å². The summed E-state index contributed by atoms with van der Waals surface area (Å²) in [7, 11) is 0. The molecule has 4 amide bonds. The van der Waals surface area contributed by atoms with E-state index in [1.54, 1.807) is 18.7 Å². The number of imide groups is 1. The van der Waals surface area contributed by atoms with Gasteiger partial charge in [0.2, 0.25) is 5.91 Å². The van der Waals surface area contributed by atoms with Crippen molar-refractivity contribution < 1.29 is 19.5 Å². The lowest BCUT2D eigenvalue weighted by molar-refractivity contribution is -0.141. The molecule has 112 valence electrons. The van der Waals surface area contributed by atoms with Gasteiger partial charge in [-0.3, -0.25) is 14.5 Å². The number of amides is 4. The van der Waals surface area contributed by atoms with Crippen molar-refractivity contribution in [2.24, 2.45) is 0 Å². The monoisotopic (exact) mass is 283 g/mol. The summed E-state index contributed by atoms with van der Waals surface area (Å²) in [5.74, 6) is -0.682. The van der Waals surface area contributed by atoms with Crippen molar-refractivity contribution in [2.75, 3.05) is 19.7 Å². The molecule has 0 aromatic heterocycles. The maximum Gasteiger partial charge on any atom is 0.325 e. The van der Waals surface area contributed by atoms with Crippen LogP contribution in [0.1, 0.15) is 33.1 Å². The van der Waals surface area contributed by atoms with E-state index in [1.165, 1.54) is 0 Å². The zero-order chi connectivity index (χ0) is 14.9. The van der Waals surface area contributed by atoms with Crippen molar-refractivity contribution in [1.82, 2.24) is 15.1 Å². The van der Waals surface area contributed by atoms with E-state index in [-0.39, 0.29) is 25.1 Å². The molecule has 0 aromatic rings. The number of nitrogens with zero attached hydrogens (tertiary/aromatic N) is 2. The Labute approximate surface area is 117 Å². The zero-order valence-electron chi connectivity index (χ0n) is 11.9. The normalized spacial score (nSPS) is 25.9. The lowest BCUT2D eigenvalue weighted by atomic mass is 10.0. The average molecular weight is 283 g/mol. The van der Waals surface area contributed by atoms with Crippen LogP contribution in [-0.4, -0.2) is 64.0 Å². The molecule has 0 aromatic carbocycles. The molecule has 20 heavy (non-hydrogen) atoms. The van der Waals surface area contributed by atoms with Gasteiger partial charge in [-0.15, -0.1) is 0 Å². The molecule has 7 heteroatoms. The van der Waals surface area contributed by atoms with Crippen LogP contribution in [0.15, 0.2) is 0 Å². The summed E-state index contributed by atoms with van der Waals surface area (Å²) < 4.78 is 0. The SMILES string of the molecule is CC1(C)NC(=O)N(CC(=O)N2CCCCC2CO)C1=O. The highest BCUT2D eigenvalue weighted by atomic mass is 16.3. The highest BCUT2D eigenvalue weighted by Crippen LogP contribution is 2.20. The van der Waals surface area contributed by atoms with Gasteiger partial charge in [-0.25, -0.2) is 4.79 Å². The van der Waals surface area contributed by atoms with Crippen LogP contribution < -0.4 is 5.32 Å². The van der Waals surface area contributed by atoms with Crippen molar-refractivity contribution in [2.45, 2.75) is 44.7 Å². The van der Waals surface area contributed by atoms with E-state index >= 15 is 0 Å². The van der Waals surface area contributed by atoms with Crippen molar-refractivity contribution in [3.05, 3.63) is 0 Å². The molecule has 2 N–H and O–H groups in total. The van der Waals surface area contributed by atoms with E-state index in [0.717, 1.165) is 24.2 Å². The fourth-order valence-corrected chi connectivity index (χ4v) is 2.71. The molecule has 2 fully saturated rings. The Kier molecular flexibility index (Phi) is 3.99. The fourth-order valence-electron chi connectivity index (χ4n) is 2.71. The highest BCUT2D eigenvalue weighted by Gasteiger charge is 2.45. The topological polar surface area (TPSA) is 90.0 Å². The van der Waals surface area contributed by atoms with Gasteiger partial charge in [-0.05, 0) is 33.1 Å². The molecule has 2 aliphatic rings. The predicted molar refractivity (Wildman–Crippen MR) is 70.8 cm³/mol. The molecule has 0 aliphatic carbocycles. The van der Waals surface area contributed by atoms with Gasteiger partial charge < -0.3 is 15.3 Å². The summed E-state index contributed by atoms with van der Waals surface area (Å²) in [6.45, 7) is 3.43. The number of likely N-dealkylation sites (tertiary alicyclic amines) is 1. The Morgan fingerprint density at radius 2 is 2.10 bits per heavy atom. The highest BCUT2D eigenvalue weighted by molar-refractivity contribution is 6.08. The minimum atomic E-state index is -0.963. The molecule has 0 spiro atoms. The van der Waals surface area contributed by atoms with Crippen LogP contribution in [-0.2, 0) is 9.59 Å². The first kappa shape index (κ1) is 14.8. The number of aliphatic hydroxyl groups is 1. The molecule has 1 unspecified atom stereocenters. The Bertz CT molecular complexity index is 435. The summed E-state index contributed by atoms with van der Waals surface area (Å²) in [6.07, 6.45) is 2.62. The smallest absolute Gasteiger partial charge is 0.325 e. The summed E-state index contributed by atoms with van der Waals surface area (Å²) in [5.41, 5.74) is -0.963. The number of carbonyl (C=O) groups excluding carboxylic acids is 3. The van der Waals surface area contributed by atoms with Gasteiger partial charge in [0.15, 0.2) is 0 Å². The molecular formula is C13H21N3O4. The quantitative estimate of drug-likeness (QED) is 0.695. The predicted octanol–water partition coefficient (Wildman–Crippen LogP) is -0.310. The molecule has 2 heterocycles. The van der Waals surface area contributed by atoms with Gasteiger partial charge in [0.1, 0.15) is 12.1 Å². The van der Waals surface area contributed by atoms with E-state index in [2.05, 4.69) is 5.32 Å².